The molecule has 0 saturated carbocycles. The summed E-state index contributed by atoms with van der Waals surface area (Å²) in [5, 5.41) is 3.58. The van der Waals surface area contributed by atoms with Crippen molar-refractivity contribution in [1.82, 2.24) is 9.78 Å². The molecule has 1 aromatic heterocycles. The first kappa shape index (κ1) is 2.09. The van der Waals surface area contributed by atoms with Crippen LogP contribution in [-0.2, 0) is 0 Å². The third-order valence-electron chi connectivity index (χ3n) is 0.780. The second-order valence-corrected chi connectivity index (χ2v) is 2.37. The van der Waals surface area contributed by atoms with E-state index in [9.17, 15) is 0 Å². The molecular formula is C6H9BrN2. The molecule has 50 valence electrons. The predicted octanol–water partition coefficient (Wildman–Crippen LogP) is 2.23. The van der Waals surface area contributed by atoms with Gasteiger partial charge in [-0.05, 0) is 29.6 Å². The van der Waals surface area contributed by atoms with Gasteiger partial charge in [-0.15, -0.1) is 0 Å². The molecule has 0 aliphatic heterocycles. The lowest BCUT2D eigenvalue weighted by Crippen LogP contribution is -1.99. The standard InChI is InChI=1S/C6H9BrN2/c1-5(2)9-4-6(7)3-8-9/h3-5H,1-2H3/i1D3,2D3,5D. The summed E-state index contributed by atoms with van der Waals surface area (Å²) in [6, 6.07) is -2.79. The Balaban J connectivity index is 3.38. The normalized spacial score (nSPS) is 26.1. The topological polar surface area (TPSA) is 17.8 Å². The van der Waals surface area contributed by atoms with Crippen molar-refractivity contribution < 1.29 is 9.60 Å². The lowest BCUT2D eigenvalue weighted by molar-refractivity contribution is 0.532. The van der Waals surface area contributed by atoms with Crippen LogP contribution in [0.1, 0.15) is 29.3 Å². The van der Waals surface area contributed by atoms with Crippen LogP contribution in [0.4, 0.5) is 0 Å². The highest BCUT2D eigenvalue weighted by atomic mass is 79.9. The molecule has 0 fully saturated rings. The Kier molecular flexibility index (Phi) is 0.584. The molecule has 1 aromatic rings. The fraction of sp³-hybridized carbons (Fsp3) is 0.500. The Morgan fingerprint density at radius 1 is 2.00 bits per heavy atom. The van der Waals surface area contributed by atoms with Crippen LogP contribution in [0.3, 0.4) is 0 Å². The maximum Gasteiger partial charge on any atom is 0.0632 e. The lowest BCUT2D eigenvalue weighted by Gasteiger charge is -2.01. The van der Waals surface area contributed by atoms with Crippen LogP contribution in [0.2, 0.25) is 0 Å². The third-order valence-corrected chi connectivity index (χ3v) is 1.19. The molecule has 3 heteroatoms. The molecule has 2 nitrogen and oxygen atoms in total. The van der Waals surface area contributed by atoms with E-state index in [1.807, 2.05) is 0 Å². The molecule has 0 atom stereocenters. The lowest BCUT2D eigenvalue weighted by atomic mass is 10.4. The average molecular weight is 196 g/mol. The first-order valence-electron chi connectivity index (χ1n) is 5.71. The predicted molar refractivity (Wildman–Crippen MR) is 40.3 cm³/mol. The maximum atomic E-state index is 7.73. The Hall–Kier alpha value is -0.310. The third kappa shape index (κ3) is 1.55. The van der Waals surface area contributed by atoms with Crippen molar-refractivity contribution in [2.75, 3.05) is 0 Å². The molecule has 0 aromatic carbocycles. The number of rotatable bonds is 1. The molecule has 0 N–H and O–H groups in total. The Morgan fingerprint density at radius 2 is 2.78 bits per heavy atom. The first-order chi connectivity index (χ1) is 7.00. The van der Waals surface area contributed by atoms with Gasteiger partial charge in [-0.2, -0.15) is 5.10 Å². The van der Waals surface area contributed by atoms with Gasteiger partial charge in [-0.25, -0.2) is 0 Å². The number of nitrogens with zero attached hydrogens (tertiary/aromatic N) is 2. The van der Waals surface area contributed by atoms with Gasteiger partial charge in [-0.3, -0.25) is 4.68 Å². The van der Waals surface area contributed by atoms with E-state index in [4.69, 9.17) is 9.60 Å². The maximum absolute atomic E-state index is 7.73. The summed E-state index contributed by atoms with van der Waals surface area (Å²) >= 11 is 3.02. The molecular weight excluding hydrogens is 180 g/mol. The van der Waals surface area contributed by atoms with Gasteiger partial charge in [0.25, 0.3) is 0 Å². The van der Waals surface area contributed by atoms with Crippen LogP contribution in [-0.4, -0.2) is 9.78 Å². The van der Waals surface area contributed by atoms with E-state index >= 15 is 0 Å². The highest BCUT2D eigenvalue weighted by Gasteiger charge is 1.96. The van der Waals surface area contributed by atoms with Crippen LogP contribution in [0.5, 0.6) is 0 Å². The summed E-state index contributed by atoms with van der Waals surface area (Å²) in [5.41, 5.74) is 0. The fourth-order valence-corrected chi connectivity index (χ4v) is 0.709. The zero-order chi connectivity index (χ0) is 12.8. The summed E-state index contributed by atoms with van der Waals surface area (Å²) < 4.78 is 52.0. The highest BCUT2D eigenvalue weighted by molar-refractivity contribution is 9.10. The average Bonchev–Trinajstić information content (AvgIpc) is 2.46. The number of hydrogen-bond acceptors (Lipinski definition) is 1. The van der Waals surface area contributed by atoms with E-state index in [1.54, 1.807) is 0 Å². The van der Waals surface area contributed by atoms with E-state index in [-0.39, 0.29) is 0 Å². The van der Waals surface area contributed by atoms with E-state index < -0.39 is 19.7 Å². The van der Waals surface area contributed by atoms with Gasteiger partial charge in [-0.1, -0.05) is 0 Å². The zero-order valence-corrected chi connectivity index (χ0v) is 6.01. The minimum atomic E-state index is -3.01. The van der Waals surface area contributed by atoms with Crippen molar-refractivity contribution in [3.8, 4) is 0 Å². The SMILES string of the molecule is [2H]C([2H])([2H])C([2H])(n1cc(Br)cn1)C([2H])([2H])[2H]. The smallest absolute Gasteiger partial charge is 0.0632 e. The number of hydrogen-bond donors (Lipinski definition) is 0. The Bertz CT molecular complexity index is 365. The summed E-state index contributed by atoms with van der Waals surface area (Å²) in [6.07, 6.45) is 2.40. The van der Waals surface area contributed by atoms with Crippen LogP contribution in [0.25, 0.3) is 0 Å². The summed E-state index contributed by atoms with van der Waals surface area (Å²) in [7, 11) is 0. The van der Waals surface area contributed by atoms with Crippen molar-refractivity contribution in [2.45, 2.75) is 19.7 Å². The second kappa shape index (κ2) is 2.52. The molecule has 0 unspecified atom stereocenters. The molecule has 1 heterocycles. The molecule has 0 aliphatic carbocycles. The molecule has 0 radical (unpaired) electrons. The van der Waals surface area contributed by atoms with Gasteiger partial charge in [0.05, 0.1) is 12.0 Å². The van der Waals surface area contributed by atoms with E-state index in [1.165, 1.54) is 6.20 Å². The first-order valence-corrected chi connectivity index (χ1v) is 3.00. The number of halogens is 1. The monoisotopic (exact) mass is 195 g/mol. The quantitative estimate of drug-likeness (QED) is 0.673. The van der Waals surface area contributed by atoms with Crippen molar-refractivity contribution in [3.05, 3.63) is 16.9 Å². The van der Waals surface area contributed by atoms with Crippen molar-refractivity contribution in [2.24, 2.45) is 0 Å². The van der Waals surface area contributed by atoms with E-state index in [0.717, 1.165) is 6.20 Å². The minimum absolute atomic E-state index is 0.414. The largest absolute Gasteiger partial charge is 0.269 e. The fourth-order valence-electron chi connectivity index (χ4n) is 0.423. The van der Waals surface area contributed by atoms with Gasteiger partial charge in [0, 0.05) is 20.4 Å². The van der Waals surface area contributed by atoms with Gasteiger partial charge in [0.1, 0.15) is 0 Å². The van der Waals surface area contributed by atoms with E-state index in [2.05, 4.69) is 21.0 Å². The molecule has 9 heavy (non-hydrogen) atoms. The van der Waals surface area contributed by atoms with Gasteiger partial charge >= 0.3 is 0 Å². The van der Waals surface area contributed by atoms with Crippen LogP contribution in [0.15, 0.2) is 16.9 Å². The number of aromatic nitrogens is 2. The second-order valence-electron chi connectivity index (χ2n) is 1.45. The van der Waals surface area contributed by atoms with Crippen molar-refractivity contribution >= 4 is 15.9 Å². The molecule has 0 amide bonds. The van der Waals surface area contributed by atoms with Gasteiger partial charge in [0.15, 0.2) is 0 Å². The van der Waals surface area contributed by atoms with Crippen LogP contribution in [0, 0.1) is 0 Å². The molecule has 0 spiro atoms. The van der Waals surface area contributed by atoms with Crippen LogP contribution >= 0.6 is 15.9 Å². The summed E-state index contributed by atoms with van der Waals surface area (Å²) in [5.74, 6) is 0. The van der Waals surface area contributed by atoms with Gasteiger partial charge < -0.3 is 0 Å². The van der Waals surface area contributed by atoms with Crippen molar-refractivity contribution in [3.63, 3.8) is 0 Å². The van der Waals surface area contributed by atoms with Crippen molar-refractivity contribution in [1.29, 1.82) is 0 Å². The molecule has 0 bridgehead atoms. The molecule has 0 saturated heterocycles. The Labute approximate surface area is 72.8 Å². The zero-order valence-electron chi connectivity index (χ0n) is 11.4. The summed E-state index contributed by atoms with van der Waals surface area (Å²) in [6.45, 7) is -6.02. The summed E-state index contributed by atoms with van der Waals surface area (Å²) in [4.78, 5) is 0. The van der Waals surface area contributed by atoms with E-state index in [0.29, 0.717) is 9.15 Å². The molecule has 1 rings (SSSR count). The Morgan fingerprint density at radius 3 is 3.22 bits per heavy atom. The van der Waals surface area contributed by atoms with Crippen LogP contribution < -0.4 is 0 Å². The van der Waals surface area contributed by atoms with Gasteiger partial charge in [0.2, 0.25) is 0 Å². The minimum Gasteiger partial charge on any atom is -0.269 e. The molecule has 0 aliphatic rings. The highest BCUT2D eigenvalue weighted by Crippen LogP contribution is 2.09.